The van der Waals surface area contributed by atoms with Gasteiger partial charge in [-0.2, -0.15) is 0 Å². The molecule has 0 bridgehead atoms. The van der Waals surface area contributed by atoms with Gasteiger partial charge in [0.05, 0.1) is 6.10 Å². The highest BCUT2D eigenvalue weighted by molar-refractivity contribution is 4.80. The van der Waals surface area contributed by atoms with E-state index in [0.717, 1.165) is 24.4 Å². The van der Waals surface area contributed by atoms with Crippen molar-refractivity contribution in [2.24, 2.45) is 17.8 Å². The Hall–Kier alpha value is -0.0400. The second-order valence-electron chi connectivity index (χ2n) is 5.57. The van der Waals surface area contributed by atoms with E-state index >= 15 is 0 Å². The van der Waals surface area contributed by atoms with Crippen molar-refractivity contribution in [3.8, 4) is 0 Å². The van der Waals surface area contributed by atoms with E-state index in [0.29, 0.717) is 6.10 Å². The van der Waals surface area contributed by atoms with E-state index in [4.69, 9.17) is 4.74 Å². The molecule has 0 aromatic rings. The molecule has 1 heteroatoms. The topological polar surface area (TPSA) is 9.23 Å². The normalized spacial score (nSPS) is 45.0. The second kappa shape index (κ2) is 4.65. The molecular weight excluding hydrogens is 172 g/mol. The van der Waals surface area contributed by atoms with E-state index in [1.807, 2.05) is 0 Å². The van der Waals surface area contributed by atoms with Gasteiger partial charge in [0.25, 0.3) is 0 Å². The van der Waals surface area contributed by atoms with Crippen LogP contribution in [-0.2, 0) is 4.74 Å². The molecule has 1 aliphatic heterocycles. The number of hydrogen-bond acceptors (Lipinski definition) is 1. The van der Waals surface area contributed by atoms with E-state index in [-0.39, 0.29) is 0 Å². The van der Waals surface area contributed by atoms with Gasteiger partial charge in [0, 0.05) is 6.61 Å². The zero-order valence-corrected chi connectivity index (χ0v) is 9.67. The minimum atomic E-state index is 0.599. The summed E-state index contributed by atoms with van der Waals surface area (Å²) in [6, 6.07) is 0. The van der Waals surface area contributed by atoms with Crippen molar-refractivity contribution in [1.82, 2.24) is 0 Å². The monoisotopic (exact) mass is 196 g/mol. The molecule has 2 aliphatic rings. The van der Waals surface area contributed by atoms with Gasteiger partial charge in [-0.15, -0.1) is 0 Å². The molecule has 0 radical (unpaired) electrons. The van der Waals surface area contributed by atoms with Crippen molar-refractivity contribution < 1.29 is 4.74 Å². The average molecular weight is 196 g/mol. The Balaban J connectivity index is 1.86. The molecule has 1 saturated carbocycles. The van der Waals surface area contributed by atoms with Gasteiger partial charge in [-0.1, -0.05) is 26.7 Å². The van der Waals surface area contributed by atoms with E-state index in [1.54, 1.807) is 0 Å². The maximum absolute atomic E-state index is 5.94. The van der Waals surface area contributed by atoms with Gasteiger partial charge >= 0.3 is 0 Å². The Morgan fingerprint density at radius 1 is 0.929 bits per heavy atom. The molecule has 0 amide bonds. The minimum absolute atomic E-state index is 0.599. The summed E-state index contributed by atoms with van der Waals surface area (Å²) in [7, 11) is 0. The molecule has 4 atom stereocenters. The molecule has 82 valence electrons. The summed E-state index contributed by atoms with van der Waals surface area (Å²) >= 11 is 0. The molecule has 2 fully saturated rings. The third-order valence-electron chi connectivity index (χ3n) is 4.08. The van der Waals surface area contributed by atoms with Crippen LogP contribution in [0.1, 0.15) is 52.4 Å². The summed E-state index contributed by atoms with van der Waals surface area (Å²) < 4.78 is 5.94. The molecule has 2 rings (SSSR count). The molecule has 1 aliphatic carbocycles. The van der Waals surface area contributed by atoms with Crippen LogP contribution in [0.15, 0.2) is 0 Å². The zero-order chi connectivity index (χ0) is 9.97. The molecule has 0 aromatic carbocycles. The van der Waals surface area contributed by atoms with Gasteiger partial charge < -0.3 is 4.74 Å². The molecule has 1 nitrogen and oxygen atoms in total. The Morgan fingerprint density at radius 2 is 1.71 bits per heavy atom. The van der Waals surface area contributed by atoms with Crippen LogP contribution >= 0.6 is 0 Å². The van der Waals surface area contributed by atoms with E-state index in [1.165, 1.54) is 38.5 Å². The summed E-state index contributed by atoms with van der Waals surface area (Å²) in [5, 5.41) is 0. The van der Waals surface area contributed by atoms with Crippen LogP contribution in [0.2, 0.25) is 0 Å². The van der Waals surface area contributed by atoms with Crippen molar-refractivity contribution in [3.63, 3.8) is 0 Å². The van der Waals surface area contributed by atoms with Gasteiger partial charge in [0.2, 0.25) is 0 Å². The SMILES string of the molecule is CC1CCCC(C2CC(C)CCO2)C1. The molecule has 1 saturated heterocycles. The fourth-order valence-electron chi connectivity index (χ4n) is 3.15. The number of ether oxygens (including phenoxy) is 1. The third kappa shape index (κ3) is 2.50. The maximum atomic E-state index is 5.94. The fourth-order valence-corrected chi connectivity index (χ4v) is 3.15. The summed E-state index contributed by atoms with van der Waals surface area (Å²) in [6.07, 6.45) is 8.90. The molecule has 0 aromatic heterocycles. The predicted octanol–water partition coefficient (Wildman–Crippen LogP) is 3.63. The lowest BCUT2D eigenvalue weighted by molar-refractivity contribution is -0.0518. The van der Waals surface area contributed by atoms with Crippen LogP contribution in [0.25, 0.3) is 0 Å². The van der Waals surface area contributed by atoms with Gasteiger partial charge in [-0.3, -0.25) is 0 Å². The van der Waals surface area contributed by atoms with Crippen LogP contribution in [0.5, 0.6) is 0 Å². The van der Waals surface area contributed by atoms with Crippen molar-refractivity contribution in [2.75, 3.05) is 6.61 Å². The molecule has 4 unspecified atom stereocenters. The Kier molecular flexibility index (Phi) is 3.48. The fraction of sp³-hybridized carbons (Fsp3) is 1.00. The highest BCUT2D eigenvalue weighted by Crippen LogP contribution is 2.36. The Bertz CT molecular complexity index is 158. The molecule has 0 N–H and O–H groups in total. The van der Waals surface area contributed by atoms with E-state index in [2.05, 4.69) is 13.8 Å². The lowest BCUT2D eigenvalue weighted by atomic mass is 9.77. The highest BCUT2D eigenvalue weighted by Gasteiger charge is 2.30. The largest absolute Gasteiger partial charge is 0.378 e. The van der Waals surface area contributed by atoms with Crippen molar-refractivity contribution >= 4 is 0 Å². The minimum Gasteiger partial charge on any atom is -0.378 e. The predicted molar refractivity (Wildman–Crippen MR) is 59.3 cm³/mol. The van der Waals surface area contributed by atoms with Crippen LogP contribution in [0, 0.1) is 17.8 Å². The van der Waals surface area contributed by atoms with E-state index in [9.17, 15) is 0 Å². The highest BCUT2D eigenvalue weighted by atomic mass is 16.5. The average Bonchev–Trinajstić information content (AvgIpc) is 2.18. The van der Waals surface area contributed by atoms with Crippen molar-refractivity contribution in [2.45, 2.75) is 58.5 Å². The van der Waals surface area contributed by atoms with Crippen LogP contribution in [-0.4, -0.2) is 12.7 Å². The first kappa shape index (κ1) is 10.5. The zero-order valence-electron chi connectivity index (χ0n) is 9.67. The maximum Gasteiger partial charge on any atom is 0.0605 e. The van der Waals surface area contributed by atoms with Crippen molar-refractivity contribution in [3.05, 3.63) is 0 Å². The lowest BCUT2D eigenvalue weighted by Crippen LogP contribution is -2.33. The van der Waals surface area contributed by atoms with Crippen LogP contribution in [0.4, 0.5) is 0 Å². The van der Waals surface area contributed by atoms with Crippen LogP contribution in [0.3, 0.4) is 0 Å². The second-order valence-corrected chi connectivity index (χ2v) is 5.57. The first-order valence-corrected chi connectivity index (χ1v) is 6.37. The summed E-state index contributed by atoms with van der Waals surface area (Å²) in [4.78, 5) is 0. The third-order valence-corrected chi connectivity index (χ3v) is 4.08. The standard InChI is InChI=1S/C13H24O/c1-10-4-3-5-12(8-10)13-9-11(2)6-7-14-13/h10-13H,3-9H2,1-2H3. The Labute approximate surface area is 88.2 Å². The van der Waals surface area contributed by atoms with Gasteiger partial charge in [-0.05, 0) is 43.4 Å². The van der Waals surface area contributed by atoms with Gasteiger partial charge in [-0.25, -0.2) is 0 Å². The van der Waals surface area contributed by atoms with Gasteiger partial charge in [0.15, 0.2) is 0 Å². The van der Waals surface area contributed by atoms with Crippen LogP contribution < -0.4 is 0 Å². The van der Waals surface area contributed by atoms with Crippen molar-refractivity contribution in [1.29, 1.82) is 0 Å². The molecule has 1 heterocycles. The summed E-state index contributed by atoms with van der Waals surface area (Å²) in [5.41, 5.74) is 0. The molecular formula is C13H24O. The quantitative estimate of drug-likeness (QED) is 0.622. The lowest BCUT2D eigenvalue weighted by Gasteiger charge is -2.37. The molecule has 0 spiro atoms. The first-order valence-electron chi connectivity index (χ1n) is 6.37. The number of hydrogen-bond donors (Lipinski definition) is 0. The molecule has 14 heavy (non-hydrogen) atoms. The summed E-state index contributed by atoms with van der Waals surface area (Å²) in [5.74, 6) is 2.71. The summed E-state index contributed by atoms with van der Waals surface area (Å²) in [6.45, 7) is 5.79. The smallest absolute Gasteiger partial charge is 0.0605 e. The van der Waals surface area contributed by atoms with Gasteiger partial charge in [0.1, 0.15) is 0 Å². The Morgan fingerprint density at radius 3 is 2.43 bits per heavy atom. The first-order chi connectivity index (χ1) is 6.75. The van der Waals surface area contributed by atoms with E-state index < -0.39 is 0 Å². The number of rotatable bonds is 1.